The SMILES string of the molecule is Cc1ccc(OCCCO)cc1NNN/C=C(\O)c1ccnc(-c2c(C)cc[nH]c2=O)c1. The molecule has 2 aromatic heterocycles. The van der Waals surface area contributed by atoms with Gasteiger partial charge in [0.25, 0.3) is 5.56 Å². The second-order valence-corrected chi connectivity index (χ2v) is 7.12. The maximum absolute atomic E-state index is 12.2. The van der Waals surface area contributed by atoms with E-state index in [9.17, 15) is 9.90 Å². The Bertz CT molecular complexity index is 1140. The van der Waals surface area contributed by atoms with Crippen LogP contribution in [0.4, 0.5) is 5.69 Å². The van der Waals surface area contributed by atoms with Gasteiger partial charge in [-0.15, -0.1) is 0 Å². The fourth-order valence-electron chi connectivity index (χ4n) is 2.99. The summed E-state index contributed by atoms with van der Waals surface area (Å²) in [6, 6.07) is 10.7. The molecule has 0 aliphatic heterocycles. The maximum atomic E-state index is 12.2. The summed E-state index contributed by atoms with van der Waals surface area (Å²) in [5.74, 6) is 0.646. The number of hydrazine groups is 2. The second-order valence-electron chi connectivity index (χ2n) is 7.12. The molecule has 9 heteroatoms. The molecule has 9 nitrogen and oxygen atoms in total. The van der Waals surface area contributed by atoms with Crippen LogP contribution in [0.2, 0.25) is 0 Å². The minimum Gasteiger partial charge on any atom is -0.506 e. The number of aliphatic hydroxyl groups excluding tert-OH is 2. The van der Waals surface area contributed by atoms with Gasteiger partial charge < -0.3 is 30.8 Å². The van der Waals surface area contributed by atoms with Crippen molar-refractivity contribution in [2.24, 2.45) is 0 Å². The highest BCUT2D eigenvalue weighted by molar-refractivity contribution is 5.68. The van der Waals surface area contributed by atoms with Crippen LogP contribution in [-0.2, 0) is 0 Å². The van der Waals surface area contributed by atoms with E-state index in [0.29, 0.717) is 35.6 Å². The van der Waals surface area contributed by atoms with E-state index in [1.165, 1.54) is 12.4 Å². The zero-order chi connectivity index (χ0) is 22.9. The van der Waals surface area contributed by atoms with Gasteiger partial charge in [-0.2, -0.15) is 5.53 Å². The number of nitrogens with zero attached hydrogens (tertiary/aromatic N) is 1. The van der Waals surface area contributed by atoms with Crippen LogP contribution in [0.15, 0.2) is 59.8 Å². The summed E-state index contributed by atoms with van der Waals surface area (Å²) in [5.41, 5.74) is 12.4. The third kappa shape index (κ3) is 5.87. The molecule has 3 rings (SSSR count). The molecule has 0 aliphatic carbocycles. The van der Waals surface area contributed by atoms with Crippen LogP contribution in [-0.4, -0.2) is 33.4 Å². The highest BCUT2D eigenvalue weighted by atomic mass is 16.5. The molecule has 0 atom stereocenters. The Hall–Kier alpha value is -3.82. The zero-order valence-electron chi connectivity index (χ0n) is 18.0. The quantitative estimate of drug-likeness (QED) is 0.162. The highest BCUT2D eigenvalue weighted by Gasteiger charge is 2.10. The van der Waals surface area contributed by atoms with Crippen molar-refractivity contribution in [3.8, 4) is 17.0 Å². The molecule has 0 amide bonds. The first kappa shape index (κ1) is 22.9. The molecule has 0 radical (unpaired) electrons. The smallest absolute Gasteiger partial charge is 0.257 e. The highest BCUT2D eigenvalue weighted by Crippen LogP contribution is 2.22. The molecule has 0 fully saturated rings. The largest absolute Gasteiger partial charge is 0.506 e. The van der Waals surface area contributed by atoms with Gasteiger partial charge in [-0.1, -0.05) is 6.07 Å². The van der Waals surface area contributed by atoms with Gasteiger partial charge in [-0.05, 0) is 49.2 Å². The molecule has 6 N–H and O–H groups in total. The number of aromatic nitrogens is 2. The number of ether oxygens (including phenoxy) is 1. The van der Waals surface area contributed by atoms with E-state index in [-0.39, 0.29) is 17.9 Å². The van der Waals surface area contributed by atoms with Crippen molar-refractivity contribution in [2.75, 3.05) is 18.6 Å². The van der Waals surface area contributed by atoms with Crippen LogP contribution in [0.3, 0.4) is 0 Å². The van der Waals surface area contributed by atoms with Crippen molar-refractivity contribution < 1.29 is 14.9 Å². The Morgan fingerprint density at radius 2 is 2.03 bits per heavy atom. The van der Waals surface area contributed by atoms with Crippen LogP contribution in [0, 0.1) is 13.8 Å². The topological polar surface area (TPSA) is 132 Å². The van der Waals surface area contributed by atoms with Crippen molar-refractivity contribution in [2.45, 2.75) is 20.3 Å². The van der Waals surface area contributed by atoms with Gasteiger partial charge in [0.15, 0.2) is 0 Å². The van der Waals surface area contributed by atoms with Crippen molar-refractivity contribution >= 4 is 11.4 Å². The number of benzene rings is 1. The molecule has 0 saturated carbocycles. The number of anilines is 1. The van der Waals surface area contributed by atoms with Crippen LogP contribution in [0.5, 0.6) is 5.75 Å². The number of rotatable bonds is 10. The summed E-state index contributed by atoms with van der Waals surface area (Å²) in [6.45, 7) is 4.29. The third-order valence-corrected chi connectivity index (χ3v) is 4.74. The number of aryl methyl sites for hydroxylation is 2. The zero-order valence-corrected chi connectivity index (χ0v) is 18.0. The van der Waals surface area contributed by atoms with Crippen LogP contribution in [0.1, 0.15) is 23.1 Å². The van der Waals surface area contributed by atoms with Gasteiger partial charge >= 0.3 is 0 Å². The summed E-state index contributed by atoms with van der Waals surface area (Å²) in [5, 5.41) is 19.3. The fraction of sp³-hybridized carbons (Fsp3) is 0.217. The number of aromatic amines is 1. The summed E-state index contributed by atoms with van der Waals surface area (Å²) < 4.78 is 5.58. The van der Waals surface area contributed by atoms with E-state index < -0.39 is 0 Å². The van der Waals surface area contributed by atoms with Gasteiger partial charge in [0.05, 0.1) is 29.8 Å². The lowest BCUT2D eigenvalue weighted by molar-refractivity contribution is 0.233. The van der Waals surface area contributed by atoms with Gasteiger partial charge in [0, 0.05) is 37.1 Å². The first-order valence-electron chi connectivity index (χ1n) is 10.1. The van der Waals surface area contributed by atoms with Gasteiger partial charge in [0.2, 0.25) is 0 Å². The first-order valence-corrected chi connectivity index (χ1v) is 10.1. The number of pyridine rings is 2. The van der Waals surface area contributed by atoms with Crippen molar-refractivity contribution in [3.63, 3.8) is 0 Å². The minimum absolute atomic E-state index is 0.0363. The van der Waals surface area contributed by atoms with Gasteiger partial charge in [-0.25, -0.2) is 0 Å². The lowest BCUT2D eigenvalue weighted by Gasteiger charge is -2.13. The monoisotopic (exact) mass is 437 g/mol. The molecule has 0 unspecified atom stereocenters. The van der Waals surface area contributed by atoms with Crippen molar-refractivity contribution in [3.05, 3.63) is 82.0 Å². The van der Waals surface area contributed by atoms with E-state index in [2.05, 4.69) is 26.4 Å². The summed E-state index contributed by atoms with van der Waals surface area (Å²) in [6.07, 6.45) is 5.07. The number of hydrogen-bond donors (Lipinski definition) is 6. The average Bonchev–Trinajstić information content (AvgIpc) is 2.78. The molecule has 32 heavy (non-hydrogen) atoms. The van der Waals surface area contributed by atoms with Gasteiger partial charge in [-0.3, -0.25) is 9.78 Å². The Labute approximate surface area is 185 Å². The molecule has 0 saturated heterocycles. The summed E-state index contributed by atoms with van der Waals surface area (Å²) in [4.78, 5) is 19.1. The Morgan fingerprint density at radius 1 is 1.19 bits per heavy atom. The molecule has 3 aromatic rings. The van der Waals surface area contributed by atoms with Crippen LogP contribution < -0.4 is 26.7 Å². The molecule has 168 valence electrons. The van der Waals surface area contributed by atoms with E-state index in [1.807, 2.05) is 32.0 Å². The summed E-state index contributed by atoms with van der Waals surface area (Å²) in [7, 11) is 0. The third-order valence-electron chi connectivity index (χ3n) is 4.74. The van der Waals surface area contributed by atoms with E-state index in [0.717, 1.165) is 16.8 Å². The number of nitrogens with one attached hydrogen (secondary N) is 4. The predicted molar refractivity (Wildman–Crippen MR) is 124 cm³/mol. The molecule has 2 heterocycles. The van der Waals surface area contributed by atoms with E-state index >= 15 is 0 Å². The number of aliphatic hydroxyl groups is 2. The predicted octanol–water partition coefficient (Wildman–Crippen LogP) is 2.79. The normalized spacial score (nSPS) is 11.3. The maximum Gasteiger partial charge on any atom is 0.257 e. The second kappa shape index (κ2) is 11.0. The van der Waals surface area contributed by atoms with Gasteiger partial charge in [0.1, 0.15) is 11.5 Å². The molecule has 0 aliphatic rings. The fourth-order valence-corrected chi connectivity index (χ4v) is 2.99. The lowest BCUT2D eigenvalue weighted by atomic mass is 10.1. The Balaban J connectivity index is 1.64. The number of hydrogen-bond acceptors (Lipinski definition) is 8. The molecule has 1 aromatic carbocycles. The van der Waals surface area contributed by atoms with Crippen LogP contribution >= 0.6 is 0 Å². The van der Waals surface area contributed by atoms with Crippen molar-refractivity contribution in [1.29, 1.82) is 0 Å². The molecular weight excluding hydrogens is 410 g/mol. The van der Waals surface area contributed by atoms with Crippen molar-refractivity contribution in [1.82, 2.24) is 20.9 Å². The van der Waals surface area contributed by atoms with E-state index in [1.54, 1.807) is 24.4 Å². The molecule has 0 spiro atoms. The lowest BCUT2D eigenvalue weighted by Crippen LogP contribution is -2.33. The number of H-pyrrole nitrogens is 1. The minimum atomic E-state index is -0.236. The molecular formula is C23H27N5O4. The summed E-state index contributed by atoms with van der Waals surface area (Å²) >= 11 is 0. The van der Waals surface area contributed by atoms with E-state index in [4.69, 9.17) is 9.84 Å². The van der Waals surface area contributed by atoms with Crippen LogP contribution in [0.25, 0.3) is 17.0 Å². The average molecular weight is 438 g/mol. The first-order chi connectivity index (χ1) is 15.5. The standard InChI is InChI=1S/C23H27N5O4/c1-15-4-5-18(32-11-3-10-29)13-19(15)27-28-26-14-21(30)17-7-9-24-20(12-17)22-16(2)6-8-25-23(22)31/h4-9,12-14,26-30H,3,10-11H2,1-2H3,(H,25,31)/b21-14-. The Kier molecular flexibility index (Phi) is 7.85. The molecule has 0 bridgehead atoms. The Morgan fingerprint density at radius 3 is 2.81 bits per heavy atom.